The third-order valence-electron chi connectivity index (χ3n) is 3.71. The lowest BCUT2D eigenvalue weighted by Crippen LogP contribution is -2.22. The molecule has 0 fully saturated rings. The Morgan fingerprint density at radius 1 is 0.846 bits per heavy atom. The Morgan fingerprint density at radius 3 is 1.96 bits per heavy atom. The highest BCUT2D eigenvalue weighted by molar-refractivity contribution is 8.57. The molecule has 1 unspecified atom stereocenters. The summed E-state index contributed by atoms with van der Waals surface area (Å²) in [5.74, 6) is 0.608. The molecule has 0 aliphatic rings. The molecule has 5 heteroatoms. The van der Waals surface area contributed by atoms with E-state index in [1.807, 2.05) is 95.7 Å². The predicted molar refractivity (Wildman–Crippen MR) is 111 cm³/mol. The third-order valence-corrected chi connectivity index (χ3v) is 8.03. The molecule has 134 valence electrons. The first kappa shape index (κ1) is 18.6. The van der Waals surface area contributed by atoms with Gasteiger partial charge in [0.25, 0.3) is 0 Å². The summed E-state index contributed by atoms with van der Waals surface area (Å²) < 4.78 is 22.1. The molecule has 3 rings (SSSR count). The van der Waals surface area contributed by atoms with Crippen molar-refractivity contribution in [3.63, 3.8) is 0 Å². The van der Waals surface area contributed by atoms with Gasteiger partial charge in [-0.3, -0.25) is 4.67 Å². The molecule has 3 aromatic carbocycles. The lowest BCUT2D eigenvalue weighted by molar-refractivity contribution is 0.494. The predicted octanol–water partition coefficient (Wildman–Crippen LogP) is 6.88. The third kappa shape index (κ3) is 4.72. The Balaban J connectivity index is 2.01. The van der Waals surface area contributed by atoms with E-state index in [0.29, 0.717) is 12.3 Å². The van der Waals surface area contributed by atoms with Gasteiger partial charge in [0.15, 0.2) is 0 Å². The summed E-state index contributed by atoms with van der Waals surface area (Å²) in [6.07, 6.45) is 0.867. The Kier molecular flexibility index (Phi) is 6.43. The summed E-state index contributed by atoms with van der Waals surface area (Å²) in [6, 6.07) is 29.0. The molecule has 0 aromatic heterocycles. The molecule has 0 saturated heterocycles. The molecular weight excluding hydrogens is 361 g/mol. The van der Waals surface area contributed by atoms with Gasteiger partial charge in [0.1, 0.15) is 5.75 Å². The van der Waals surface area contributed by atoms with Crippen molar-refractivity contribution in [1.29, 1.82) is 0 Å². The number of para-hydroxylation sites is 2. The van der Waals surface area contributed by atoms with Crippen LogP contribution in [0.4, 0.5) is 5.69 Å². The molecular formula is C21H22NO2PS. The van der Waals surface area contributed by atoms with Crippen LogP contribution in [0.2, 0.25) is 0 Å². The second kappa shape index (κ2) is 8.98. The fourth-order valence-electron chi connectivity index (χ4n) is 2.55. The van der Waals surface area contributed by atoms with E-state index in [-0.39, 0.29) is 0 Å². The van der Waals surface area contributed by atoms with Crippen molar-refractivity contribution < 1.29 is 9.09 Å². The summed E-state index contributed by atoms with van der Waals surface area (Å²) in [5, 5.41) is 0. The minimum absolute atomic E-state index is 0.608. The fraction of sp³-hybridized carbons (Fsp3) is 0.143. The van der Waals surface area contributed by atoms with Crippen LogP contribution >= 0.6 is 18.1 Å². The fourth-order valence-corrected chi connectivity index (χ4v) is 6.94. The summed E-state index contributed by atoms with van der Waals surface area (Å²) in [4.78, 5) is 0.920. The van der Waals surface area contributed by atoms with Gasteiger partial charge in [0.2, 0.25) is 0 Å². The van der Waals surface area contributed by atoms with Gasteiger partial charge in [-0.1, -0.05) is 61.5 Å². The van der Waals surface area contributed by atoms with Crippen LogP contribution in [-0.4, -0.2) is 6.54 Å². The van der Waals surface area contributed by atoms with Gasteiger partial charge >= 0.3 is 6.72 Å². The van der Waals surface area contributed by atoms with Gasteiger partial charge in [-0.25, -0.2) is 4.57 Å². The van der Waals surface area contributed by atoms with E-state index in [0.717, 1.165) is 17.0 Å². The van der Waals surface area contributed by atoms with Crippen LogP contribution in [0.5, 0.6) is 5.75 Å². The van der Waals surface area contributed by atoms with Gasteiger partial charge in [0.05, 0.1) is 0 Å². The van der Waals surface area contributed by atoms with Crippen molar-refractivity contribution in [2.45, 2.75) is 18.2 Å². The van der Waals surface area contributed by atoms with Gasteiger partial charge in [0, 0.05) is 28.5 Å². The maximum Gasteiger partial charge on any atom is 0.407 e. The quantitative estimate of drug-likeness (QED) is 0.396. The second-order valence-electron chi connectivity index (χ2n) is 5.74. The highest BCUT2D eigenvalue weighted by atomic mass is 32.7. The maximum atomic E-state index is 14.1. The van der Waals surface area contributed by atoms with Crippen LogP contribution in [0.25, 0.3) is 0 Å². The minimum atomic E-state index is -3.26. The number of rotatable bonds is 8. The van der Waals surface area contributed by atoms with Crippen LogP contribution in [0.1, 0.15) is 13.3 Å². The zero-order valence-corrected chi connectivity index (χ0v) is 16.4. The zero-order valence-electron chi connectivity index (χ0n) is 14.7. The Labute approximate surface area is 159 Å². The average Bonchev–Trinajstić information content (AvgIpc) is 2.68. The molecule has 0 saturated carbocycles. The van der Waals surface area contributed by atoms with Crippen LogP contribution in [0.3, 0.4) is 0 Å². The summed E-state index contributed by atoms with van der Waals surface area (Å²) in [7, 11) is 0. The molecule has 26 heavy (non-hydrogen) atoms. The average molecular weight is 383 g/mol. The number of benzene rings is 3. The lowest BCUT2D eigenvalue weighted by Gasteiger charge is -2.32. The number of hydrogen-bond donors (Lipinski definition) is 0. The van der Waals surface area contributed by atoms with Crippen molar-refractivity contribution in [3.05, 3.63) is 91.0 Å². The van der Waals surface area contributed by atoms with Crippen molar-refractivity contribution in [1.82, 2.24) is 0 Å². The summed E-state index contributed by atoms with van der Waals surface area (Å²) in [6.45, 7) is -0.536. The molecule has 0 amide bonds. The lowest BCUT2D eigenvalue weighted by atomic mass is 10.3. The molecule has 0 aliphatic carbocycles. The van der Waals surface area contributed by atoms with Crippen molar-refractivity contribution >= 4 is 23.8 Å². The molecule has 0 heterocycles. The van der Waals surface area contributed by atoms with E-state index >= 15 is 0 Å². The number of anilines is 1. The first-order valence-corrected chi connectivity index (χ1v) is 11.6. The molecule has 0 N–H and O–H groups in total. The van der Waals surface area contributed by atoms with E-state index in [1.54, 1.807) is 0 Å². The first-order valence-electron chi connectivity index (χ1n) is 8.63. The standard InChI is InChI=1S/C21H22NO2PS/c1-2-18-22(19-12-6-3-7-13-19)25(23,24-20-14-8-4-9-15-20)26-21-16-10-5-11-17-21/h3-17H,2,18H2,1H3. The Bertz CT molecular complexity index is 798. The topological polar surface area (TPSA) is 29.5 Å². The molecule has 3 aromatic rings. The van der Waals surface area contributed by atoms with Crippen molar-refractivity contribution in [3.8, 4) is 5.75 Å². The minimum Gasteiger partial charge on any atom is -0.421 e. The first-order chi connectivity index (χ1) is 12.7. The molecule has 3 nitrogen and oxygen atoms in total. The van der Waals surface area contributed by atoms with E-state index in [1.165, 1.54) is 11.4 Å². The Hall–Kier alpha value is -2.16. The van der Waals surface area contributed by atoms with E-state index in [2.05, 4.69) is 6.92 Å². The van der Waals surface area contributed by atoms with Crippen LogP contribution in [0.15, 0.2) is 95.9 Å². The van der Waals surface area contributed by atoms with E-state index in [9.17, 15) is 4.57 Å². The molecule has 1 atom stereocenters. The number of hydrogen-bond acceptors (Lipinski definition) is 3. The van der Waals surface area contributed by atoms with Crippen LogP contribution in [-0.2, 0) is 4.57 Å². The van der Waals surface area contributed by atoms with Crippen molar-refractivity contribution in [2.24, 2.45) is 0 Å². The maximum absolute atomic E-state index is 14.1. The zero-order chi connectivity index (χ0) is 18.2. The largest absolute Gasteiger partial charge is 0.421 e. The molecule has 0 spiro atoms. The van der Waals surface area contributed by atoms with Gasteiger partial charge in [-0.05, 0) is 42.8 Å². The van der Waals surface area contributed by atoms with Gasteiger partial charge in [-0.15, -0.1) is 0 Å². The van der Waals surface area contributed by atoms with Crippen molar-refractivity contribution in [2.75, 3.05) is 11.2 Å². The summed E-state index contributed by atoms with van der Waals surface area (Å²) in [5.41, 5.74) is 0.900. The normalized spacial score (nSPS) is 13.0. The van der Waals surface area contributed by atoms with Crippen LogP contribution < -0.4 is 9.19 Å². The molecule has 0 aliphatic heterocycles. The molecule has 0 radical (unpaired) electrons. The highest BCUT2D eigenvalue weighted by Gasteiger charge is 2.35. The Morgan fingerprint density at radius 2 is 1.38 bits per heavy atom. The van der Waals surface area contributed by atoms with Gasteiger partial charge in [-0.2, -0.15) is 0 Å². The van der Waals surface area contributed by atoms with E-state index < -0.39 is 6.72 Å². The van der Waals surface area contributed by atoms with Crippen LogP contribution in [0, 0.1) is 0 Å². The second-order valence-corrected chi connectivity index (χ2v) is 9.92. The highest BCUT2D eigenvalue weighted by Crippen LogP contribution is 2.65. The number of nitrogens with zero attached hydrogens (tertiary/aromatic N) is 1. The summed E-state index contributed by atoms with van der Waals surface area (Å²) >= 11 is 1.29. The van der Waals surface area contributed by atoms with E-state index in [4.69, 9.17) is 4.52 Å². The SMILES string of the molecule is CCCN(c1ccccc1)P(=O)(Oc1ccccc1)Sc1ccccc1. The monoisotopic (exact) mass is 383 g/mol. The van der Waals surface area contributed by atoms with Gasteiger partial charge < -0.3 is 4.52 Å². The smallest absolute Gasteiger partial charge is 0.407 e. The molecule has 0 bridgehead atoms.